The molecule has 0 amide bonds. The Hall–Kier alpha value is -1.42. The first-order chi connectivity index (χ1) is 9.07. The molecular weight excluding hydrogens is 243 g/mol. The molecule has 0 aliphatic carbocycles. The molecule has 4 heteroatoms. The fourth-order valence-electron chi connectivity index (χ4n) is 2.82. The van der Waals surface area contributed by atoms with E-state index in [0.29, 0.717) is 17.4 Å². The van der Waals surface area contributed by atoms with Gasteiger partial charge in [0.1, 0.15) is 11.3 Å². The second-order valence-electron chi connectivity index (χ2n) is 5.90. The summed E-state index contributed by atoms with van der Waals surface area (Å²) in [5.41, 5.74) is 1.13. The van der Waals surface area contributed by atoms with Gasteiger partial charge in [-0.3, -0.25) is 0 Å². The van der Waals surface area contributed by atoms with Crippen LogP contribution in [0, 0.1) is 11.7 Å². The highest BCUT2D eigenvalue weighted by Gasteiger charge is 2.36. The topological polar surface area (TPSA) is 38.1 Å². The molecule has 2 heterocycles. The summed E-state index contributed by atoms with van der Waals surface area (Å²) in [5, 5.41) is 3.42. The summed E-state index contributed by atoms with van der Waals surface area (Å²) in [6.45, 7) is 6.39. The van der Waals surface area contributed by atoms with Crippen molar-refractivity contribution in [2.45, 2.75) is 32.1 Å². The number of nitrogens with one attached hydrogen (secondary N) is 1. The quantitative estimate of drug-likeness (QED) is 0.903. The van der Waals surface area contributed by atoms with E-state index in [-0.39, 0.29) is 11.2 Å². The minimum absolute atomic E-state index is 0.136. The number of aromatic nitrogens is 1. The first-order valence-electron chi connectivity index (χ1n) is 6.84. The molecule has 1 unspecified atom stereocenters. The Morgan fingerprint density at radius 1 is 1.42 bits per heavy atom. The molecule has 1 saturated heterocycles. The van der Waals surface area contributed by atoms with E-state index in [1.165, 1.54) is 25.0 Å². The molecule has 0 radical (unpaired) electrons. The van der Waals surface area contributed by atoms with E-state index in [9.17, 15) is 4.39 Å². The highest BCUT2D eigenvalue weighted by Crippen LogP contribution is 2.36. The molecule has 1 aromatic carbocycles. The summed E-state index contributed by atoms with van der Waals surface area (Å²) in [5.74, 6) is 0.924. The van der Waals surface area contributed by atoms with E-state index >= 15 is 0 Å². The van der Waals surface area contributed by atoms with Crippen LogP contribution in [0.25, 0.3) is 11.1 Å². The Balaban J connectivity index is 1.97. The van der Waals surface area contributed by atoms with Crippen molar-refractivity contribution in [2.24, 2.45) is 5.92 Å². The lowest BCUT2D eigenvalue weighted by Crippen LogP contribution is -2.40. The van der Waals surface area contributed by atoms with Gasteiger partial charge in [0.25, 0.3) is 0 Å². The van der Waals surface area contributed by atoms with Gasteiger partial charge < -0.3 is 9.73 Å². The van der Waals surface area contributed by atoms with Gasteiger partial charge in [0.2, 0.25) is 5.89 Å². The summed E-state index contributed by atoms with van der Waals surface area (Å²) in [6.07, 6.45) is 2.36. The number of hydrogen-bond acceptors (Lipinski definition) is 3. The van der Waals surface area contributed by atoms with Gasteiger partial charge >= 0.3 is 0 Å². The smallest absolute Gasteiger partial charge is 0.201 e. The number of hydrogen-bond donors (Lipinski definition) is 1. The average Bonchev–Trinajstić information content (AvgIpc) is 2.83. The number of fused-ring (bicyclic) bond motifs is 1. The van der Waals surface area contributed by atoms with Crippen molar-refractivity contribution in [3.63, 3.8) is 0 Å². The van der Waals surface area contributed by atoms with E-state index in [4.69, 9.17) is 4.42 Å². The third kappa shape index (κ3) is 2.25. The van der Waals surface area contributed by atoms with Crippen LogP contribution in [-0.2, 0) is 5.41 Å². The molecule has 0 bridgehead atoms. The van der Waals surface area contributed by atoms with Crippen molar-refractivity contribution in [1.29, 1.82) is 0 Å². The Morgan fingerprint density at radius 2 is 2.26 bits per heavy atom. The van der Waals surface area contributed by atoms with Crippen LogP contribution in [-0.4, -0.2) is 18.1 Å². The van der Waals surface area contributed by atoms with Crippen LogP contribution in [0.3, 0.4) is 0 Å². The van der Waals surface area contributed by atoms with E-state index in [1.807, 2.05) is 0 Å². The molecule has 3 nitrogen and oxygen atoms in total. The minimum Gasteiger partial charge on any atom is -0.440 e. The number of nitrogens with zero attached hydrogens (tertiary/aromatic N) is 1. The van der Waals surface area contributed by atoms with E-state index in [2.05, 4.69) is 24.1 Å². The first kappa shape index (κ1) is 12.6. The second kappa shape index (κ2) is 4.60. The van der Waals surface area contributed by atoms with E-state index in [1.54, 1.807) is 6.07 Å². The molecule has 19 heavy (non-hydrogen) atoms. The monoisotopic (exact) mass is 262 g/mol. The van der Waals surface area contributed by atoms with Gasteiger partial charge in [-0.2, -0.15) is 0 Å². The largest absolute Gasteiger partial charge is 0.440 e. The molecule has 2 aromatic rings. The van der Waals surface area contributed by atoms with Gasteiger partial charge in [-0.25, -0.2) is 9.37 Å². The molecule has 1 aliphatic heterocycles. The molecule has 1 atom stereocenters. The first-order valence-corrected chi connectivity index (χ1v) is 6.84. The van der Waals surface area contributed by atoms with Crippen molar-refractivity contribution in [3.8, 4) is 0 Å². The molecule has 1 aromatic heterocycles. The van der Waals surface area contributed by atoms with Crippen LogP contribution in [0.1, 0.15) is 32.6 Å². The fraction of sp³-hybridized carbons (Fsp3) is 0.533. The van der Waals surface area contributed by atoms with Crippen LogP contribution in [0.5, 0.6) is 0 Å². The lowest BCUT2D eigenvalue weighted by Gasteiger charge is -2.34. The SMILES string of the molecule is CC(C)(c1nc2ccc(F)cc2o1)C1CCCNC1. The second-order valence-corrected chi connectivity index (χ2v) is 5.90. The van der Waals surface area contributed by atoms with Crippen molar-refractivity contribution in [2.75, 3.05) is 13.1 Å². The van der Waals surface area contributed by atoms with Crippen LogP contribution in [0.2, 0.25) is 0 Å². The van der Waals surface area contributed by atoms with Gasteiger partial charge in [-0.1, -0.05) is 13.8 Å². The summed E-state index contributed by atoms with van der Waals surface area (Å²) in [6, 6.07) is 4.50. The normalized spacial score (nSPS) is 20.9. The summed E-state index contributed by atoms with van der Waals surface area (Å²) in [7, 11) is 0. The Kier molecular flexibility index (Phi) is 3.05. The number of oxazole rings is 1. The molecule has 3 rings (SSSR count). The summed E-state index contributed by atoms with van der Waals surface area (Å²) < 4.78 is 19.0. The Morgan fingerprint density at radius 3 is 3.00 bits per heavy atom. The predicted molar refractivity (Wildman–Crippen MR) is 72.6 cm³/mol. The average molecular weight is 262 g/mol. The third-order valence-corrected chi connectivity index (χ3v) is 4.22. The van der Waals surface area contributed by atoms with Crippen LogP contribution in [0.15, 0.2) is 22.6 Å². The van der Waals surface area contributed by atoms with Gasteiger partial charge in [0, 0.05) is 11.5 Å². The van der Waals surface area contributed by atoms with Crippen molar-refractivity contribution in [3.05, 3.63) is 29.9 Å². The molecule has 1 fully saturated rings. The standard InChI is InChI=1S/C15H19FN2O/c1-15(2,10-4-3-7-17-9-10)14-18-12-6-5-11(16)8-13(12)19-14/h5-6,8,10,17H,3-4,7,9H2,1-2H3. The minimum atomic E-state index is -0.285. The maximum absolute atomic E-state index is 13.2. The van der Waals surface area contributed by atoms with Crippen LogP contribution >= 0.6 is 0 Å². The number of benzene rings is 1. The zero-order valence-electron chi connectivity index (χ0n) is 11.4. The van der Waals surface area contributed by atoms with E-state index < -0.39 is 0 Å². The zero-order valence-corrected chi connectivity index (χ0v) is 11.4. The molecule has 1 aliphatic rings. The molecule has 1 N–H and O–H groups in total. The van der Waals surface area contributed by atoms with Crippen molar-refractivity contribution in [1.82, 2.24) is 10.3 Å². The van der Waals surface area contributed by atoms with Gasteiger partial charge in [0.15, 0.2) is 5.58 Å². The number of piperidine rings is 1. The molecule has 0 spiro atoms. The Bertz CT molecular complexity index is 585. The Labute approximate surface area is 112 Å². The number of halogens is 1. The molecule has 102 valence electrons. The number of rotatable bonds is 2. The van der Waals surface area contributed by atoms with Gasteiger partial charge in [-0.05, 0) is 44.0 Å². The maximum Gasteiger partial charge on any atom is 0.201 e. The zero-order chi connectivity index (χ0) is 13.5. The maximum atomic E-state index is 13.2. The third-order valence-electron chi connectivity index (χ3n) is 4.22. The fourth-order valence-corrected chi connectivity index (χ4v) is 2.82. The highest BCUT2D eigenvalue weighted by atomic mass is 19.1. The lowest BCUT2D eigenvalue weighted by atomic mass is 9.75. The summed E-state index contributed by atoms with van der Waals surface area (Å²) in [4.78, 5) is 4.54. The lowest BCUT2D eigenvalue weighted by molar-refractivity contribution is 0.215. The summed E-state index contributed by atoms with van der Waals surface area (Å²) >= 11 is 0. The molecular formula is C15H19FN2O. The van der Waals surface area contributed by atoms with Gasteiger partial charge in [-0.15, -0.1) is 0 Å². The van der Waals surface area contributed by atoms with E-state index in [0.717, 1.165) is 18.6 Å². The van der Waals surface area contributed by atoms with Crippen molar-refractivity contribution < 1.29 is 8.81 Å². The van der Waals surface area contributed by atoms with Crippen LogP contribution < -0.4 is 5.32 Å². The van der Waals surface area contributed by atoms with Crippen LogP contribution in [0.4, 0.5) is 4.39 Å². The highest BCUT2D eigenvalue weighted by molar-refractivity contribution is 5.72. The van der Waals surface area contributed by atoms with Crippen molar-refractivity contribution >= 4 is 11.1 Å². The predicted octanol–water partition coefficient (Wildman–Crippen LogP) is 3.24. The van der Waals surface area contributed by atoms with Gasteiger partial charge in [0.05, 0.1) is 0 Å². The molecule has 0 saturated carbocycles.